The molecule has 20 heavy (non-hydrogen) atoms. The summed E-state index contributed by atoms with van der Waals surface area (Å²) in [6, 6.07) is 4.50. The van der Waals surface area contributed by atoms with E-state index >= 15 is 0 Å². The molecule has 1 aromatic carbocycles. The molecular weight excluding hydrogens is 280 g/mol. The van der Waals surface area contributed by atoms with Crippen LogP contribution in [-0.4, -0.2) is 25.8 Å². The van der Waals surface area contributed by atoms with Gasteiger partial charge in [-0.3, -0.25) is 10.1 Å². The third kappa shape index (κ3) is 2.75. The number of nitrogens with one attached hydrogen (secondary N) is 1. The van der Waals surface area contributed by atoms with Gasteiger partial charge in [-0.05, 0) is 12.1 Å². The van der Waals surface area contributed by atoms with Crippen LogP contribution in [0.15, 0.2) is 18.2 Å². The van der Waals surface area contributed by atoms with Gasteiger partial charge in [0.1, 0.15) is 11.3 Å². The van der Waals surface area contributed by atoms with E-state index in [-0.39, 0.29) is 22.3 Å². The summed E-state index contributed by atoms with van der Waals surface area (Å²) in [5, 5.41) is 16.7. The zero-order valence-electron chi connectivity index (χ0n) is 11.4. The molecule has 0 spiro atoms. The number of hydrogen-bond acceptors (Lipinski definition) is 4. The number of carbonyl (C=O) groups is 1. The number of hydrogen-bond donors (Lipinski definition) is 2. The first-order valence-corrected chi connectivity index (χ1v) is 6.47. The first kappa shape index (κ1) is 14.3. The van der Waals surface area contributed by atoms with E-state index in [2.05, 4.69) is 15.4 Å². The van der Waals surface area contributed by atoms with Gasteiger partial charge in [0.15, 0.2) is 5.82 Å². The minimum atomic E-state index is -0.529. The van der Waals surface area contributed by atoms with Crippen molar-refractivity contribution in [2.45, 2.75) is 19.8 Å². The Bertz CT molecular complexity index is 632. The van der Waals surface area contributed by atoms with Crippen molar-refractivity contribution in [3.05, 3.63) is 34.6 Å². The highest BCUT2D eigenvalue weighted by atomic mass is 35.5. The molecule has 0 atom stereocenters. The molecule has 1 heterocycles. The molecule has 106 valence electrons. The summed E-state index contributed by atoms with van der Waals surface area (Å²) in [6.07, 6.45) is 0. The quantitative estimate of drug-likeness (QED) is 0.911. The van der Waals surface area contributed by atoms with E-state index in [4.69, 9.17) is 11.6 Å². The van der Waals surface area contributed by atoms with Crippen LogP contribution in [0.25, 0.3) is 0 Å². The fourth-order valence-corrected chi connectivity index (χ4v) is 1.91. The minimum absolute atomic E-state index is 0.0169. The van der Waals surface area contributed by atoms with Crippen LogP contribution in [0.5, 0.6) is 5.75 Å². The molecule has 7 heteroatoms. The predicted octanol–water partition coefficient (Wildman–Crippen LogP) is 2.55. The number of phenols is 1. The van der Waals surface area contributed by atoms with Crippen molar-refractivity contribution in [2.75, 3.05) is 5.32 Å². The number of carbonyl (C=O) groups excluding carboxylic acids is 1. The van der Waals surface area contributed by atoms with Crippen LogP contribution in [-0.2, 0) is 7.05 Å². The lowest BCUT2D eigenvalue weighted by Crippen LogP contribution is -2.16. The second-order valence-corrected chi connectivity index (χ2v) is 5.07. The van der Waals surface area contributed by atoms with Crippen LogP contribution in [0.2, 0.25) is 5.02 Å². The molecule has 0 fully saturated rings. The zero-order valence-corrected chi connectivity index (χ0v) is 12.1. The largest absolute Gasteiger partial charge is 0.507 e. The number of amides is 1. The van der Waals surface area contributed by atoms with Gasteiger partial charge in [0.05, 0.1) is 5.02 Å². The van der Waals surface area contributed by atoms with E-state index in [9.17, 15) is 9.90 Å². The minimum Gasteiger partial charge on any atom is -0.507 e. The Morgan fingerprint density at radius 1 is 1.45 bits per heavy atom. The van der Waals surface area contributed by atoms with E-state index in [1.54, 1.807) is 13.1 Å². The maximum absolute atomic E-state index is 12.2. The molecule has 0 unspecified atom stereocenters. The fourth-order valence-electron chi connectivity index (χ4n) is 1.66. The Labute approximate surface area is 121 Å². The van der Waals surface area contributed by atoms with E-state index < -0.39 is 5.91 Å². The smallest absolute Gasteiger partial charge is 0.263 e. The van der Waals surface area contributed by atoms with Gasteiger partial charge in [-0.1, -0.05) is 31.5 Å². The van der Waals surface area contributed by atoms with Crippen LogP contribution >= 0.6 is 11.6 Å². The lowest BCUT2D eigenvalue weighted by molar-refractivity contribution is 0.102. The summed E-state index contributed by atoms with van der Waals surface area (Å²) in [6.45, 7) is 3.92. The fraction of sp³-hybridized carbons (Fsp3) is 0.308. The highest BCUT2D eigenvalue weighted by Gasteiger charge is 2.18. The summed E-state index contributed by atoms with van der Waals surface area (Å²) in [5.41, 5.74) is 0.0169. The lowest BCUT2D eigenvalue weighted by Gasteiger charge is -2.07. The van der Waals surface area contributed by atoms with Crippen LogP contribution in [0, 0.1) is 0 Å². The average Bonchev–Trinajstić information content (AvgIpc) is 2.71. The number of anilines is 1. The molecule has 0 saturated heterocycles. The summed E-state index contributed by atoms with van der Waals surface area (Å²) in [4.78, 5) is 16.4. The number of phenolic OH excluding ortho intramolecular Hbond substituents is 1. The van der Waals surface area contributed by atoms with Gasteiger partial charge in [-0.15, -0.1) is 0 Å². The van der Waals surface area contributed by atoms with Crippen LogP contribution < -0.4 is 5.32 Å². The normalized spacial score (nSPS) is 10.8. The monoisotopic (exact) mass is 294 g/mol. The Kier molecular flexibility index (Phi) is 3.94. The number of aryl methyl sites for hydroxylation is 1. The molecule has 0 bridgehead atoms. The molecule has 0 aliphatic carbocycles. The number of aromatic nitrogens is 3. The maximum Gasteiger partial charge on any atom is 0.263 e. The number of benzene rings is 1. The van der Waals surface area contributed by atoms with Crippen molar-refractivity contribution in [3.8, 4) is 5.75 Å². The summed E-state index contributed by atoms with van der Waals surface area (Å²) in [7, 11) is 1.68. The molecular formula is C13H15ClN4O2. The van der Waals surface area contributed by atoms with E-state index in [1.807, 2.05) is 13.8 Å². The van der Waals surface area contributed by atoms with Crippen LogP contribution in [0.1, 0.15) is 35.9 Å². The predicted molar refractivity (Wildman–Crippen MR) is 76.2 cm³/mol. The third-order valence-electron chi connectivity index (χ3n) is 2.74. The first-order valence-electron chi connectivity index (χ1n) is 6.10. The molecule has 0 radical (unpaired) electrons. The highest BCUT2D eigenvalue weighted by Crippen LogP contribution is 2.26. The van der Waals surface area contributed by atoms with Gasteiger partial charge in [0, 0.05) is 13.0 Å². The highest BCUT2D eigenvalue weighted by molar-refractivity contribution is 6.34. The van der Waals surface area contributed by atoms with E-state index in [1.165, 1.54) is 16.8 Å². The standard InChI is InChI=1S/C13H15ClN4O2/c1-7(2)11-15-13(18(3)17-11)16-12(20)10-8(14)5-4-6-9(10)19/h4-7,19H,1-3H3,(H,15,16,17,20). The molecule has 0 saturated carbocycles. The Hall–Kier alpha value is -2.08. The van der Waals surface area contributed by atoms with Crippen LogP contribution in [0.4, 0.5) is 5.95 Å². The van der Waals surface area contributed by atoms with E-state index in [0.717, 1.165) is 0 Å². The number of halogens is 1. The van der Waals surface area contributed by atoms with Crippen molar-refractivity contribution >= 4 is 23.5 Å². The molecule has 2 aromatic rings. The van der Waals surface area contributed by atoms with Crippen molar-refractivity contribution in [1.82, 2.24) is 14.8 Å². The number of aromatic hydroxyl groups is 1. The van der Waals surface area contributed by atoms with Crippen molar-refractivity contribution in [1.29, 1.82) is 0 Å². The summed E-state index contributed by atoms with van der Waals surface area (Å²) in [5.74, 6) is 0.380. The SMILES string of the molecule is CC(C)c1nc(NC(=O)c2c(O)cccc2Cl)n(C)n1. The van der Waals surface area contributed by atoms with E-state index in [0.29, 0.717) is 11.8 Å². The topological polar surface area (TPSA) is 80.0 Å². The molecule has 1 amide bonds. The number of rotatable bonds is 3. The molecule has 1 aromatic heterocycles. The van der Waals surface area contributed by atoms with Crippen molar-refractivity contribution in [2.24, 2.45) is 7.05 Å². The Morgan fingerprint density at radius 3 is 2.70 bits per heavy atom. The van der Waals surface area contributed by atoms with Gasteiger partial charge in [0.25, 0.3) is 5.91 Å². The van der Waals surface area contributed by atoms with Gasteiger partial charge in [-0.2, -0.15) is 10.1 Å². The Morgan fingerprint density at radius 2 is 2.15 bits per heavy atom. The molecule has 2 rings (SSSR count). The van der Waals surface area contributed by atoms with Crippen molar-refractivity contribution in [3.63, 3.8) is 0 Å². The Balaban J connectivity index is 2.28. The molecule has 6 nitrogen and oxygen atoms in total. The maximum atomic E-state index is 12.2. The second-order valence-electron chi connectivity index (χ2n) is 4.66. The van der Waals surface area contributed by atoms with Gasteiger partial charge >= 0.3 is 0 Å². The summed E-state index contributed by atoms with van der Waals surface area (Å²) < 4.78 is 1.47. The lowest BCUT2D eigenvalue weighted by atomic mass is 10.2. The number of nitrogens with zero attached hydrogens (tertiary/aromatic N) is 3. The molecule has 2 N–H and O–H groups in total. The van der Waals surface area contributed by atoms with Gasteiger partial charge in [0.2, 0.25) is 5.95 Å². The first-order chi connectivity index (χ1) is 9.40. The zero-order chi connectivity index (χ0) is 14.9. The third-order valence-corrected chi connectivity index (χ3v) is 3.05. The molecule has 0 aliphatic heterocycles. The summed E-state index contributed by atoms with van der Waals surface area (Å²) >= 11 is 5.92. The van der Waals surface area contributed by atoms with Gasteiger partial charge in [-0.25, -0.2) is 4.68 Å². The second kappa shape index (κ2) is 5.50. The van der Waals surface area contributed by atoms with Crippen molar-refractivity contribution < 1.29 is 9.90 Å². The van der Waals surface area contributed by atoms with Gasteiger partial charge < -0.3 is 5.11 Å². The average molecular weight is 295 g/mol. The van der Waals surface area contributed by atoms with Crippen LogP contribution in [0.3, 0.4) is 0 Å². The molecule has 0 aliphatic rings.